The van der Waals surface area contributed by atoms with Gasteiger partial charge in [0.2, 0.25) is 0 Å². The van der Waals surface area contributed by atoms with E-state index in [9.17, 15) is 14.7 Å². The predicted octanol–water partition coefficient (Wildman–Crippen LogP) is 6.07. The maximum atomic E-state index is 13.4. The number of rotatable bonds is 1. The third-order valence-corrected chi connectivity index (χ3v) is 5.53. The van der Waals surface area contributed by atoms with Crippen LogP contribution in [0.2, 0.25) is 0 Å². The molecule has 3 heteroatoms. The van der Waals surface area contributed by atoms with Crippen molar-refractivity contribution in [2.45, 2.75) is 66.2 Å². The number of benzene rings is 2. The number of hydrogen-bond acceptors (Lipinski definition) is 3. The smallest absolute Gasteiger partial charge is 0.194 e. The van der Waals surface area contributed by atoms with E-state index in [0.717, 1.165) is 22.3 Å². The molecule has 1 aliphatic carbocycles. The van der Waals surface area contributed by atoms with Crippen LogP contribution < -0.4 is 0 Å². The second-order valence-electron chi connectivity index (χ2n) is 10.2. The van der Waals surface area contributed by atoms with E-state index in [1.165, 1.54) is 6.08 Å². The molecule has 1 N–H and O–H groups in total. The lowest BCUT2D eigenvalue weighted by atomic mass is 9.76. The van der Waals surface area contributed by atoms with Crippen LogP contribution in [0.3, 0.4) is 0 Å². The van der Waals surface area contributed by atoms with Crippen LogP contribution in [0.4, 0.5) is 0 Å². The number of allylic oxidation sites excluding steroid dienone is 2. The second kappa shape index (κ2) is 6.69. The zero-order valence-corrected chi connectivity index (χ0v) is 18.7. The molecule has 2 aromatic rings. The number of fused-ring (bicyclic) bond motifs is 1. The van der Waals surface area contributed by atoms with Crippen LogP contribution in [-0.2, 0) is 10.8 Å². The highest BCUT2D eigenvalue weighted by Gasteiger charge is 2.32. The maximum absolute atomic E-state index is 13.4. The molecule has 3 nitrogen and oxygen atoms in total. The molecule has 0 unspecified atom stereocenters. The first-order valence-electron chi connectivity index (χ1n) is 10.0. The summed E-state index contributed by atoms with van der Waals surface area (Å²) in [6, 6.07) is 7.44. The van der Waals surface area contributed by atoms with E-state index < -0.39 is 0 Å². The van der Waals surface area contributed by atoms with E-state index in [4.69, 9.17) is 0 Å². The minimum absolute atomic E-state index is 0.142. The Hall–Kier alpha value is -2.68. The van der Waals surface area contributed by atoms with Crippen LogP contribution >= 0.6 is 0 Å². The number of aryl methyl sites for hydroxylation is 2. The van der Waals surface area contributed by atoms with Crippen molar-refractivity contribution in [3.05, 3.63) is 69.3 Å². The Morgan fingerprint density at radius 2 is 1.31 bits per heavy atom. The number of ketones is 2. The standard InChI is InChI=1S/C26H30O3/c1-14-9-15(2)22-18(10-14)23(28)17(13-21(22)27)16-11-19(25(3,4)5)24(29)20(12-16)26(6,7)8/h9-13,29H,1-8H3. The van der Waals surface area contributed by atoms with Gasteiger partial charge in [-0.3, -0.25) is 9.59 Å². The van der Waals surface area contributed by atoms with E-state index >= 15 is 0 Å². The first-order valence-corrected chi connectivity index (χ1v) is 10.0. The molecule has 0 fully saturated rings. The fraction of sp³-hybridized carbons (Fsp3) is 0.385. The summed E-state index contributed by atoms with van der Waals surface area (Å²) in [5.41, 5.74) is 4.73. The number of carbonyl (C=O) groups excluding carboxylic acids is 2. The zero-order chi connectivity index (χ0) is 21.9. The van der Waals surface area contributed by atoms with Gasteiger partial charge in [0.25, 0.3) is 0 Å². The van der Waals surface area contributed by atoms with Gasteiger partial charge in [-0.15, -0.1) is 0 Å². The van der Waals surface area contributed by atoms with Crippen LogP contribution in [0.1, 0.15) is 90.1 Å². The molecule has 29 heavy (non-hydrogen) atoms. The van der Waals surface area contributed by atoms with Crippen LogP contribution in [0.25, 0.3) is 5.57 Å². The van der Waals surface area contributed by atoms with Gasteiger partial charge in [-0.1, -0.05) is 53.2 Å². The fourth-order valence-corrected chi connectivity index (χ4v) is 4.04. The van der Waals surface area contributed by atoms with Gasteiger partial charge < -0.3 is 5.11 Å². The van der Waals surface area contributed by atoms with Gasteiger partial charge in [-0.2, -0.15) is 0 Å². The van der Waals surface area contributed by atoms with Gasteiger partial charge in [-0.25, -0.2) is 0 Å². The fourth-order valence-electron chi connectivity index (χ4n) is 4.04. The van der Waals surface area contributed by atoms with Crippen LogP contribution in [0, 0.1) is 13.8 Å². The SMILES string of the molecule is Cc1cc(C)c2c(c1)C(=O)C(c1cc(C(C)(C)C)c(O)c(C(C)(C)C)c1)=CC2=O. The summed E-state index contributed by atoms with van der Waals surface area (Å²) in [5, 5.41) is 11.0. The number of aromatic hydroxyl groups is 1. The summed E-state index contributed by atoms with van der Waals surface area (Å²) >= 11 is 0. The van der Waals surface area contributed by atoms with Crippen LogP contribution in [-0.4, -0.2) is 16.7 Å². The first-order chi connectivity index (χ1) is 13.2. The molecule has 0 aromatic heterocycles. The molecule has 0 atom stereocenters. The van der Waals surface area contributed by atoms with Gasteiger partial charge >= 0.3 is 0 Å². The lowest BCUT2D eigenvalue weighted by Crippen LogP contribution is -2.21. The second-order valence-corrected chi connectivity index (χ2v) is 10.2. The van der Waals surface area contributed by atoms with E-state index in [-0.39, 0.29) is 28.1 Å². The normalized spacial score (nSPS) is 14.7. The molecular formula is C26H30O3. The average molecular weight is 391 g/mol. The highest BCUT2D eigenvalue weighted by molar-refractivity contribution is 6.39. The summed E-state index contributed by atoms with van der Waals surface area (Å²) in [6.07, 6.45) is 1.46. The number of phenolic OH excluding ortho intramolecular Hbond substituents is 1. The highest BCUT2D eigenvalue weighted by Crippen LogP contribution is 2.42. The summed E-state index contributed by atoms with van der Waals surface area (Å²) in [6.45, 7) is 16.0. The van der Waals surface area contributed by atoms with Crippen molar-refractivity contribution in [2.75, 3.05) is 0 Å². The molecule has 1 aliphatic rings. The lowest BCUT2D eigenvalue weighted by Gasteiger charge is -2.29. The molecule has 0 saturated heterocycles. The van der Waals surface area contributed by atoms with Crippen molar-refractivity contribution in [1.29, 1.82) is 0 Å². The molecule has 0 heterocycles. The van der Waals surface area contributed by atoms with E-state index in [2.05, 4.69) is 0 Å². The molecule has 2 aromatic carbocycles. The Morgan fingerprint density at radius 1 is 0.793 bits per heavy atom. The Balaban J connectivity index is 2.29. The highest BCUT2D eigenvalue weighted by atomic mass is 16.3. The molecular weight excluding hydrogens is 360 g/mol. The summed E-state index contributed by atoms with van der Waals surface area (Å²) < 4.78 is 0. The Bertz CT molecular complexity index is 1040. The summed E-state index contributed by atoms with van der Waals surface area (Å²) in [5.74, 6) is -0.0253. The zero-order valence-electron chi connectivity index (χ0n) is 18.7. The third kappa shape index (κ3) is 3.66. The number of carbonyl (C=O) groups is 2. The van der Waals surface area contributed by atoms with Crippen LogP contribution in [0.15, 0.2) is 30.3 Å². The first kappa shape index (κ1) is 21.0. The third-order valence-electron chi connectivity index (χ3n) is 5.53. The molecule has 0 aliphatic heterocycles. The molecule has 0 saturated carbocycles. The van der Waals surface area contributed by atoms with E-state index in [0.29, 0.717) is 22.3 Å². The molecule has 0 spiro atoms. The minimum Gasteiger partial charge on any atom is -0.507 e. The van der Waals surface area contributed by atoms with Gasteiger partial charge in [0.15, 0.2) is 11.6 Å². The average Bonchev–Trinajstić information content (AvgIpc) is 2.55. The van der Waals surface area contributed by atoms with Crippen LogP contribution in [0.5, 0.6) is 5.75 Å². The van der Waals surface area contributed by atoms with Crippen molar-refractivity contribution in [1.82, 2.24) is 0 Å². The van der Waals surface area contributed by atoms with Crippen molar-refractivity contribution in [3.63, 3.8) is 0 Å². The minimum atomic E-state index is -0.312. The monoisotopic (exact) mass is 390 g/mol. The topological polar surface area (TPSA) is 54.4 Å². The van der Waals surface area contributed by atoms with Gasteiger partial charge in [0.05, 0.1) is 0 Å². The van der Waals surface area contributed by atoms with Crippen molar-refractivity contribution in [3.8, 4) is 5.75 Å². The van der Waals surface area contributed by atoms with Crippen molar-refractivity contribution in [2.24, 2.45) is 0 Å². The van der Waals surface area contributed by atoms with Gasteiger partial charge in [0.1, 0.15) is 5.75 Å². The van der Waals surface area contributed by atoms with E-state index in [1.54, 1.807) is 6.07 Å². The Kier molecular flexibility index (Phi) is 4.85. The summed E-state index contributed by atoms with van der Waals surface area (Å²) in [7, 11) is 0. The van der Waals surface area contributed by atoms with Crippen molar-refractivity contribution < 1.29 is 14.7 Å². The number of Topliss-reactive ketones (excluding diaryl/α,β-unsaturated/α-hetero) is 1. The Morgan fingerprint density at radius 3 is 1.79 bits per heavy atom. The Labute approximate surface area is 173 Å². The van der Waals surface area contributed by atoms with Gasteiger partial charge in [-0.05, 0) is 60.1 Å². The van der Waals surface area contributed by atoms with Crippen molar-refractivity contribution >= 4 is 17.1 Å². The lowest BCUT2D eigenvalue weighted by molar-refractivity contribution is 0.100. The molecule has 0 amide bonds. The maximum Gasteiger partial charge on any atom is 0.194 e. The molecule has 152 valence electrons. The van der Waals surface area contributed by atoms with Gasteiger partial charge in [0, 0.05) is 27.8 Å². The molecule has 0 bridgehead atoms. The predicted molar refractivity (Wildman–Crippen MR) is 118 cm³/mol. The molecule has 0 radical (unpaired) electrons. The van der Waals surface area contributed by atoms with E-state index in [1.807, 2.05) is 73.6 Å². The largest absolute Gasteiger partial charge is 0.507 e. The quantitative estimate of drug-likeness (QED) is 0.643. The summed E-state index contributed by atoms with van der Waals surface area (Å²) in [4.78, 5) is 26.3. The number of phenols is 1. The number of hydrogen-bond donors (Lipinski definition) is 1. The molecule has 3 rings (SSSR count).